The molecule has 0 amide bonds. The number of aliphatic hydroxyl groups is 7. The van der Waals surface area contributed by atoms with Crippen LogP contribution in [0.4, 0.5) is 0 Å². The molecule has 2 aromatic rings. The Morgan fingerprint density at radius 3 is 2.22 bits per heavy atom. The molecule has 3 aliphatic rings. The van der Waals surface area contributed by atoms with Crippen molar-refractivity contribution in [3.63, 3.8) is 0 Å². The number of carbonyl (C=O) groups excluding carboxylic acids is 1. The molecule has 0 radical (unpaired) electrons. The molecule has 5 rings (SSSR count). The van der Waals surface area contributed by atoms with Gasteiger partial charge in [-0.25, -0.2) is 4.79 Å². The largest absolute Gasteiger partial charge is 0.504 e. The molecule has 2 aromatic carbocycles. The van der Waals surface area contributed by atoms with Gasteiger partial charge in [0.05, 0.1) is 33.0 Å². The predicted molar refractivity (Wildman–Crippen MR) is 179 cm³/mol. The summed E-state index contributed by atoms with van der Waals surface area (Å²) in [5.41, 5.74) is 0.964. The zero-order valence-electron chi connectivity index (χ0n) is 29.2. The van der Waals surface area contributed by atoms with Crippen molar-refractivity contribution in [3.8, 4) is 23.0 Å². The lowest BCUT2D eigenvalue weighted by Crippen LogP contribution is -2.65. The van der Waals surface area contributed by atoms with E-state index in [1.807, 2.05) is 0 Å². The number of ether oxygens (including phenoxy) is 8. The molecule has 0 spiro atoms. The quantitative estimate of drug-likeness (QED) is 0.0585. The van der Waals surface area contributed by atoms with E-state index in [9.17, 15) is 55.9 Å². The Kier molecular flexibility index (Phi) is 14.1. The van der Waals surface area contributed by atoms with Gasteiger partial charge in [0.25, 0.3) is 0 Å². The van der Waals surface area contributed by atoms with Crippen molar-refractivity contribution in [1.82, 2.24) is 0 Å². The minimum absolute atomic E-state index is 0.130. The van der Waals surface area contributed by atoms with Crippen molar-refractivity contribution in [2.75, 3.05) is 26.9 Å². The number of benzene rings is 2. The average molecular weight is 771 g/mol. The number of phenolic OH excluding ortho intramolecular Hbond substituents is 3. The van der Waals surface area contributed by atoms with E-state index in [4.69, 9.17) is 37.9 Å². The Morgan fingerprint density at radius 2 is 1.50 bits per heavy atom. The fourth-order valence-corrected chi connectivity index (χ4v) is 6.01. The van der Waals surface area contributed by atoms with Crippen LogP contribution in [-0.2, 0) is 44.4 Å². The molecule has 0 aromatic heterocycles. The molecule has 3 fully saturated rings. The lowest BCUT2D eigenvalue weighted by Gasteiger charge is -2.47. The number of rotatable bonds is 13. The monoisotopic (exact) mass is 770 g/mol. The van der Waals surface area contributed by atoms with Gasteiger partial charge < -0.3 is 89.0 Å². The number of methoxy groups -OCH3 is 1. The van der Waals surface area contributed by atoms with E-state index in [1.165, 1.54) is 56.5 Å². The molecule has 3 saturated heterocycles. The molecule has 0 bridgehead atoms. The highest BCUT2D eigenvalue weighted by molar-refractivity contribution is 5.87. The Balaban J connectivity index is 1.42. The number of aliphatic hydroxyl groups excluding tert-OH is 7. The fourth-order valence-electron chi connectivity index (χ4n) is 6.01. The molecule has 19 nitrogen and oxygen atoms in total. The van der Waals surface area contributed by atoms with Gasteiger partial charge in [-0.15, -0.1) is 0 Å². The summed E-state index contributed by atoms with van der Waals surface area (Å²) in [6, 6.07) is 8.39. The van der Waals surface area contributed by atoms with Gasteiger partial charge >= 0.3 is 5.97 Å². The Morgan fingerprint density at radius 1 is 0.778 bits per heavy atom. The Hall–Kier alpha value is -3.67. The van der Waals surface area contributed by atoms with Crippen LogP contribution in [0.1, 0.15) is 18.1 Å². The van der Waals surface area contributed by atoms with Crippen LogP contribution in [0.25, 0.3) is 6.08 Å². The van der Waals surface area contributed by atoms with Gasteiger partial charge in [-0.05, 0) is 54.8 Å². The van der Waals surface area contributed by atoms with Gasteiger partial charge in [0.2, 0.25) is 0 Å². The summed E-state index contributed by atoms with van der Waals surface area (Å²) in [4.78, 5) is 13.3. The highest BCUT2D eigenvalue weighted by Crippen LogP contribution is 2.33. The molecule has 0 aliphatic carbocycles. The van der Waals surface area contributed by atoms with Gasteiger partial charge in [0, 0.05) is 6.08 Å². The summed E-state index contributed by atoms with van der Waals surface area (Å²) < 4.78 is 45.4. The van der Waals surface area contributed by atoms with Crippen molar-refractivity contribution < 1.29 is 93.8 Å². The van der Waals surface area contributed by atoms with Crippen LogP contribution in [-0.4, -0.2) is 170 Å². The van der Waals surface area contributed by atoms with E-state index in [2.05, 4.69) is 0 Å². The second kappa shape index (κ2) is 18.3. The maximum atomic E-state index is 13.3. The van der Waals surface area contributed by atoms with Crippen LogP contribution >= 0.6 is 0 Å². The highest BCUT2D eigenvalue weighted by Gasteiger charge is 2.53. The van der Waals surface area contributed by atoms with Gasteiger partial charge in [0.1, 0.15) is 54.9 Å². The third kappa shape index (κ3) is 9.76. The normalized spacial score (nSPS) is 35.9. The van der Waals surface area contributed by atoms with Crippen molar-refractivity contribution in [2.45, 2.75) is 99.4 Å². The number of carbonyl (C=O) groups is 1. The Labute approximate surface area is 308 Å². The number of hydrogen-bond acceptors (Lipinski definition) is 19. The minimum atomic E-state index is -1.85. The van der Waals surface area contributed by atoms with Gasteiger partial charge in [-0.3, -0.25) is 0 Å². The maximum Gasteiger partial charge on any atom is 0.331 e. The van der Waals surface area contributed by atoms with Crippen molar-refractivity contribution >= 4 is 12.0 Å². The molecule has 14 unspecified atom stereocenters. The van der Waals surface area contributed by atoms with Crippen molar-refractivity contribution in [3.05, 3.63) is 53.6 Å². The summed E-state index contributed by atoms with van der Waals surface area (Å²) in [5.74, 6) is -1.72. The molecule has 3 heterocycles. The van der Waals surface area contributed by atoms with Gasteiger partial charge in [-0.2, -0.15) is 0 Å². The standard InChI is InChI=1S/C35H46O19/c1-15-25(41)27(43)29(45)35(51-15)54-32-30(46)34(48-10-9-17-3-6-18(36)20(38)11-17)52-23(14-50-33-28(44)26(42)21(39)13-49-33)31(32)53-24(40)8-5-16-4-7-19(37)22(12-16)47-2/h3-8,11-12,15,21,23,25-39,41-46H,9-10,13-14H2,1-2H3. The number of hydrogen-bond donors (Lipinski definition) is 10. The van der Waals surface area contributed by atoms with Gasteiger partial charge in [-0.1, -0.05) is 12.1 Å². The molecule has 0 saturated carbocycles. The van der Waals surface area contributed by atoms with Crippen LogP contribution in [0.2, 0.25) is 0 Å². The van der Waals surface area contributed by atoms with Crippen LogP contribution in [0, 0.1) is 0 Å². The van der Waals surface area contributed by atoms with E-state index in [-0.39, 0.29) is 36.0 Å². The lowest BCUT2D eigenvalue weighted by molar-refractivity contribution is -0.362. The first kappa shape index (κ1) is 41.5. The highest BCUT2D eigenvalue weighted by atomic mass is 16.8. The van der Waals surface area contributed by atoms with E-state index in [0.717, 1.165) is 6.08 Å². The second-order valence-corrected chi connectivity index (χ2v) is 13.0. The van der Waals surface area contributed by atoms with Crippen molar-refractivity contribution in [1.29, 1.82) is 0 Å². The average Bonchev–Trinajstić information content (AvgIpc) is 3.15. The number of phenols is 3. The van der Waals surface area contributed by atoms with Crippen LogP contribution in [0.5, 0.6) is 23.0 Å². The zero-order chi connectivity index (χ0) is 39.3. The summed E-state index contributed by atoms with van der Waals surface area (Å²) >= 11 is 0. The lowest BCUT2D eigenvalue weighted by atomic mass is 9.96. The SMILES string of the molecule is COc1cc(C=CC(=O)OC2C(COC3OCC(O)C(O)C3O)OC(OCCc3ccc(O)c(O)c3)C(O)C2OC2OC(C)C(O)C(O)C2O)ccc1O. The zero-order valence-corrected chi connectivity index (χ0v) is 29.2. The second-order valence-electron chi connectivity index (χ2n) is 13.0. The summed E-state index contributed by atoms with van der Waals surface area (Å²) in [6.45, 7) is 0.285. The minimum Gasteiger partial charge on any atom is -0.504 e. The van der Waals surface area contributed by atoms with E-state index < -0.39 is 105 Å². The summed E-state index contributed by atoms with van der Waals surface area (Å²) in [7, 11) is 1.34. The first-order valence-electron chi connectivity index (χ1n) is 17.0. The van der Waals surface area contributed by atoms with Gasteiger partial charge in [0.15, 0.2) is 48.0 Å². The molecular formula is C35H46O19. The number of aromatic hydroxyl groups is 3. The third-order valence-electron chi connectivity index (χ3n) is 9.17. The summed E-state index contributed by atoms with van der Waals surface area (Å²) in [5, 5.41) is 103. The molecule has 19 heteroatoms. The maximum absolute atomic E-state index is 13.3. The Bertz CT molecular complexity index is 1570. The fraction of sp³-hybridized carbons (Fsp3) is 0.571. The molecule has 14 atom stereocenters. The first-order valence-corrected chi connectivity index (χ1v) is 17.0. The first-order chi connectivity index (χ1) is 25.7. The summed E-state index contributed by atoms with van der Waals surface area (Å²) in [6.07, 6.45) is -19.6. The topological polar surface area (TPSA) is 293 Å². The van der Waals surface area contributed by atoms with Crippen LogP contribution in [0.15, 0.2) is 42.5 Å². The predicted octanol–water partition coefficient (Wildman–Crippen LogP) is -2.25. The number of esters is 1. The van der Waals surface area contributed by atoms with E-state index in [1.54, 1.807) is 0 Å². The smallest absolute Gasteiger partial charge is 0.331 e. The molecular weight excluding hydrogens is 724 g/mol. The van der Waals surface area contributed by atoms with Crippen LogP contribution < -0.4 is 4.74 Å². The van der Waals surface area contributed by atoms with E-state index in [0.29, 0.717) is 11.1 Å². The van der Waals surface area contributed by atoms with Crippen LogP contribution in [0.3, 0.4) is 0 Å². The molecule has 10 N–H and O–H groups in total. The van der Waals surface area contributed by atoms with Crippen molar-refractivity contribution in [2.24, 2.45) is 0 Å². The molecule has 300 valence electrons. The van der Waals surface area contributed by atoms with E-state index >= 15 is 0 Å². The third-order valence-corrected chi connectivity index (χ3v) is 9.17. The molecule has 3 aliphatic heterocycles. The molecule has 54 heavy (non-hydrogen) atoms.